The first-order chi connectivity index (χ1) is 5.74. The van der Waals surface area contributed by atoms with Crippen LogP contribution in [-0.4, -0.2) is 5.84 Å². The fourth-order valence-electron chi connectivity index (χ4n) is 1.28. The van der Waals surface area contributed by atoms with Crippen LogP contribution in [0.1, 0.15) is 18.1 Å². The van der Waals surface area contributed by atoms with Crippen molar-refractivity contribution in [3.05, 3.63) is 35.4 Å². The van der Waals surface area contributed by atoms with Crippen LogP contribution in [-0.2, 0) is 12.8 Å². The third-order valence-electron chi connectivity index (χ3n) is 1.88. The van der Waals surface area contributed by atoms with Crippen LogP contribution in [0.15, 0.2) is 24.3 Å². The normalized spacial score (nSPS) is 9.75. The molecule has 2 heteroatoms. The van der Waals surface area contributed by atoms with Gasteiger partial charge in [0.15, 0.2) is 0 Å². The molecule has 0 saturated carbocycles. The Morgan fingerprint density at radius 3 is 2.42 bits per heavy atom. The standard InChI is InChI=1S/C10H14N2/c1-2-8-5-3-4-6-9(8)7-10(11)12/h3-6H,2,7H2,1H3,(H3,11,12). The second-order valence-corrected chi connectivity index (χ2v) is 2.82. The minimum Gasteiger partial charge on any atom is -0.387 e. The van der Waals surface area contributed by atoms with E-state index in [1.165, 1.54) is 11.1 Å². The third kappa shape index (κ3) is 2.09. The number of aryl methyl sites for hydroxylation is 1. The number of hydrogen-bond donors (Lipinski definition) is 2. The van der Waals surface area contributed by atoms with E-state index < -0.39 is 0 Å². The van der Waals surface area contributed by atoms with Crippen LogP contribution >= 0.6 is 0 Å². The highest BCUT2D eigenvalue weighted by molar-refractivity contribution is 5.79. The summed E-state index contributed by atoms with van der Waals surface area (Å²) in [6, 6.07) is 8.11. The molecule has 0 heterocycles. The van der Waals surface area contributed by atoms with Gasteiger partial charge in [-0.25, -0.2) is 0 Å². The quantitative estimate of drug-likeness (QED) is 0.516. The van der Waals surface area contributed by atoms with Crippen LogP contribution < -0.4 is 5.73 Å². The van der Waals surface area contributed by atoms with Crippen molar-refractivity contribution in [1.29, 1.82) is 5.41 Å². The first-order valence-corrected chi connectivity index (χ1v) is 4.13. The van der Waals surface area contributed by atoms with Gasteiger partial charge in [0.1, 0.15) is 0 Å². The summed E-state index contributed by atoms with van der Waals surface area (Å²) in [5.41, 5.74) is 7.79. The van der Waals surface area contributed by atoms with Crippen LogP contribution in [0, 0.1) is 5.41 Å². The van der Waals surface area contributed by atoms with E-state index in [2.05, 4.69) is 13.0 Å². The van der Waals surface area contributed by atoms with E-state index in [-0.39, 0.29) is 5.84 Å². The highest BCUT2D eigenvalue weighted by atomic mass is 14.7. The number of nitrogens with two attached hydrogens (primary N) is 1. The molecule has 0 fully saturated rings. The topological polar surface area (TPSA) is 49.9 Å². The van der Waals surface area contributed by atoms with Gasteiger partial charge in [-0.15, -0.1) is 0 Å². The average molecular weight is 162 g/mol. The Bertz CT molecular complexity index is 279. The molecule has 2 nitrogen and oxygen atoms in total. The zero-order valence-electron chi connectivity index (χ0n) is 7.30. The lowest BCUT2D eigenvalue weighted by Crippen LogP contribution is -2.13. The summed E-state index contributed by atoms with van der Waals surface area (Å²) >= 11 is 0. The lowest BCUT2D eigenvalue weighted by Gasteiger charge is -2.05. The van der Waals surface area contributed by atoms with Gasteiger partial charge in [-0.2, -0.15) is 0 Å². The molecule has 3 N–H and O–H groups in total. The third-order valence-corrected chi connectivity index (χ3v) is 1.88. The Morgan fingerprint density at radius 2 is 1.92 bits per heavy atom. The van der Waals surface area contributed by atoms with Crippen LogP contribution in [0.25, 0.3) is 0 Å². The molecule has 12 heavy (non-hydrogen) atoms. The van der Waals surface area contributed by atoms with Gasteiger partial charge in [0.25, 0.3) is 0 Å². The van der Waals surface area contributed by atoms with E-state index in [9.17, 15) is 0 Å². The maximum absolute atomic E-state index is 7.18. The molecule has 0 unspecified atom stereocenters. The molecule has 0 aliphatic carbocycles. The fourth-order valence-corrected chi connectivity index (χ4v) is 1.28. The zero-order chi connectivity index (χ0) is 8.97. The van der Waals surface area contributed by atoms with E-state index >= 15 is 0 Å². The fraction of sp³-hybridized carbons (Fsp3) is 0.300. The number of amidine groups is 1. The molecular weight excluding hydrogens is 148 g/mol. The lowest BCUT2D eigenvalue weighted by molar-refractivity contribution is 1.08. The summed E-state index contributed by atoms with van der Waals surface area (Å²) in [5, 5.41) is 7.18. The molecule has 0 radical (unpaired) electrons. The molecule has 0 aromatic heterocycles. The molecule has 0 bridgehead atoms. The second-order valence-electron chi connectivity index (χ2n) is 2.82. The van der Waals surface area contributed by atoms with Crippen LogP contribution in [0.2, 0.25) is 0 Å². The lowest BCUT2D eigenvalue weighted by atomic mass is 10.0. The number of nitrogens with one attached hydrogen (secondary N) is 1. The van der Waals surface area contributed by atoms with Gasteiger partial charge in [0, 0.05) is 6.42 Å². The van der Waals surface area contributed by atoms with Crippen molar-refractivity contribution in [3.63, 3.8) is 0 Å². The molecular formula is C10H14N2. The van der Waals surface area contributed by atoms with Gasteiger partial charge < -0.3 is 5.73 Å². The maximum Gasteiger partial charge on any atom is 0.0950 e. The monoisotopic (exact) mass is 162 g/mol. The molecule has 64 valence electrons. The predicted molar refractivity (Wildman–Crippen MR) is 51.4 cm³/mol. The molecule has 0 aliphatic heterocycles. The summed E-state index contributed by atoms with van der Waals surface area (Å²) in [6.07, 6.45) is 1.58. The van der Waals surface area contributed by atoms with E-state index in [0.717, 1.165) is 6.42 Å². The van der Waals surface area contributed by atoms with Gasteiger partial charge in [0.2, 0.25) is 0 Å². The van der Waals surface area contributed by atoms with Crippen molar-refractivity contribution in [1.82, 2.24) is 0 Å². The van der Waals surface area contributed by atoms with Gasteiger partial charge in [-0.05, 0) is 17.5 Å². The van der Waals surface area contributed by atoms with Crippen LogP contribution in [0.4, 0.5) is 0 Å². The molecule has 0 aliphatic rings. The summed E-state index contributed by atoms with van der Waals surface area (Å²) in [7, 11) is 0. The minimum absolute atomic E-state index is 0.232. The largest absolute Gasteiger partial charge is 0.387 e. The number of rotatable bonds is 3. The first kappa shape index (κ1) is 8.78. The smallest absolute Gasteiger partial charge is 0.0950 e. The Labute approximate surface area is 72.9 Å². The van der Waals surface area contributed by atoms with Gasteiger partial charge in [0.05, 0.1) is 5.84 Å². The van der Waals surface area contributed by atoms with E-state index in [4.69, 9.17) is 11.1 Å². The van der Waals surface area contributed by atoms with Gasteiger partial charge in [-0.3, -0.25) is 5.41 Å². The molecule has 0 atom stereocenters. The zero-order valence-corrected chi connectivity index (χ0v) is 7.30. The SMILES string of the molecule is CCc1ccccc1CC(=N)N. The minimum atomic E-state index is 0.232. The Morgan fingerprint density at radius 1 is 1.33 bits per heavy atom. The van der Waals surface area contributed by atoms with Crippen molar-refractivity contribution >= 4 is 5.84 Å². The molecule has 1 aromatic carbocycles. The summed E-state index contributed by atoms with van der Waals surface area (Å²) in [5.74, 6) is 0.232. The summed E-state index contributed by atoms with van der Waals surface area (Å²) < 4.78 is 0. The molecule has 0 spiro atoms. The Balaban J connectivity index is 2.89. The van der Waals surface area contributed by atoms with Crippen molar-refractivity contribution in [2.75, 3.05) is 0 Å². The first-order valence-electron chi connectivity index (χ1n) is 4.13. The van der Waals surface area contributed by atoms with Gasteiger partial charge in [-0.1, -0.05) is 31.2 Å². The Hall–Kier alpha value is -1.31. The maximum atomic E-state index is 7.18. The summed E-state index contributed by atoms with van der Waals surface area (Å²) in [4.78, 5) is 0. The second kappa shape index (κ2) is 3.90. The molecule has 1 aromatic rings. The van der Waals surface area contributed by atoms with E-state index in [1.54, 1.807) is 0 Å². The molecule has 0 saturated heterocycles. The highest BCUT2D eigenvalue weighted by Crippen LogP contribution is 2.09. The van der Waals surface area contributed by atoms with E-state index in [1.807, 2.05) is 18.2 Å². The van der Waals surface area contributed by atoms with Crippen molar-refractivity contribution < 1.29 is 0 Å². The van der Waals surface area contributed by atoms with Crippen LogP contribution in [0.3, 0.4) is 0 Å². The van der Waals surface area contributed by atoms with Crippen molar-refractivity contribution in [2.45, 2.75) is 19.8 Å². The highest BCUT2D eigenvalue weighted by Gasteiger charge is 1.99. The average Bonchev–Trinajstić information content (AvgIpc) is 2.04. The van der Waals surface area contributed by atoms with Gasteiger partial charge >= 0.3 is 0 Å². The Kier molecular flexibility index (Phi) is 2.86. The molecule has 1 rings (SSSR count). The predicted octanol–water partition coefficient (Wildman–Crippen LogP) is 1.73. The van der Waals surface area contributed by atoms with Crippen LogP contribution in [0.5, 0.6) is 0 Å². The molecule has 0 amide bonds. The number of benzene rings is 1. The van der Waals surface area contributed by atoms with Crippen molar-refractivity contribution in [2.24, 2.45) is 5.73 Å². The number of hydrogen-bond acceptors (Lipinski definition) is 1. The summed E-state index contributed by atoms with van der Waals surface area (Å²) in [6.45, 7) is 2.11. The van der Waals surface area contributed by atoms with E-state index in [0.29, 0.717) is 6.42 Å². The van der Waals surface area contributed by atoms with Crippen molar-refractivity contribution in [3.8, 4) is 0 Å².